The fraction of sp³-hybridized carbons (Fsp3) is 0.227. The smallest absolute Gasteiger partial charge is 0.284 e. The second-order valence-corrected chi connectivity index (χ2v) is 8.44. The third kappa shape index (κ3) is 3.34. The van der Waals surface area contributed by atoms with Gasteiger partial charge in [0.25, 0.3) is 5.56 Å². The normalized spacial score (nSPS) is 17.9. The molecule has 5 rings (SSSR count). The third-order valence-electron chi connectivity index (χ3n) is 5.79. The van der Waals surface area contributed by atoms with Crippen molar-refractivity contribution >= 4 is 34.7 Å². The molecule has 0 bridgehead atoms. The van der Waals surface area contributed by atoms with Gasteiger partial charge in [0.1, 0.15) is 17.2 Å². The van der Waals surface area contributed by atoms with Crippen molar-refractivity contribution in [3.8, 4) is 5.69 Å². The lowest BCUT2D eigenvalue weighted by Crippen LogP contribution is -2.52. The summed E-state index contributed by atoms with van der Waals surface area (Å²) in [6.45, 7) is 3.96. The Bertz CT molecular complexity index is 1480. The molecule has 168 valence electrons. The molecule has 9 nitrogen and oxygen atoms in total. The first-order chi connectivity index (χ1) is 15.8. The highest BCUT2D eigenvalue weighted by molar-refractivity contribution is 6.33. The number of ketones is 1. The van der Waals surface area contributed by atoms with E-state index in [0.29, 0.717) is 29.4 Å². The number of nitrogen functional groups attached to an aromatic ring is 1. The molecule has 0 aliphatic carbocycles. The minimum atomic E-state index is -0.493. The Morgan fingerprint density at radius 1 is 1.30 bits per heavy atom. The van der Waals surface area contributed by atoms with E-state index in [9.17, 15) is 14.0 Å². The lowest BCUT2D eigenvalue weighted by molar-refractivity contribution is 0.101. The van der Waals surface area contributed by atoms with E-state index in [0.717, 1.165) is 0 Å². The van der Waals surface area contributed by atoms with Gasteiger partial charge in [-0.25, -0.2) is 13.9 Å². The second kappa shape index (κ2) is 7.66. The van der Waals surface area contributed by atoms with Crippen LogP contribution in [0.3, 0.4) is 0 Å². The van der Waals surface area contributed by atoms with Crippen LogP contribution in [0.2, 0.25) is 5.02 Å². The van der Waals surface area contributed by atoms with E-state index < -0.39 is 17.4 Å². The van der Waals surface area contributed by atoms with Crippen molar-refractivity contribution in [2.24, 2.45) is 5.92 Å². The van der Waals surface area contributed by atoms with E-state index >= 15 is 0 Å². The molecule has 4 aromatic rings. The van der Waals surface area contributed by atoms with Crippen LogP contribution in [0.25, 0.3) is 11.2 Å². The van der Waals surface area contributed by atoms with Crippen molar-refractivity contribution < 1.29 is 9.18 Å². The third-order valence-corrected chi connectivity index (χ3v) is 6.10. The van der Waals surface area contributed by atoms with Crippen LogP contribution in [0.15, 0.2) is 47.5 Å². The van der Waals surface area contributed by atoms with Crippen molar-refractivity contribution in [3.63, 3.8) is 0 Å². The minimum absolute atomic E-state index is 0.0245. The topological polar surface area (TPSA) is 111 Å². The van der Waals surface area contributed by atoms with Gasteiger partial charge in [0.15, 0.2) is 11.6 Å². The molecular formula is C22H19ClFN7O2. The molecule has 0 unspecified atom stereocenters. The maximum absolute atomic E-state index is 14.1. The van der Waals surface area contributed by atoms with E-state index in [2.05, 4.69) is 15.1 Å². The van der Waals surface area contributed by atoms with Crippen molar-refractivity contribution in [2.75, 3.05) is 17.2 Å². The summed E-state index contributed by atoms with van der Waals surface area (Å²) in [4.78, 5) is 35.9. The maximum atomic E-state index is 14.1. The molecule has 1 fully saturated rings. The number of halogens is 2. The van der Waals surface area contributed by atoms with Crippen LogP contribution in [0, 0.1) is 11.7 Å². The molecule has 2 atom stereocenters. The highest BCUT2D eigenvalue weighted by atomic mass is 35.5. The number of hydrogen-bond donors (Lipinski definition) is 1. The molecule has 1 aliphatic rings. The van der Waals surface area contributed by atoms with Crippen molar-refractivity contribution in [2.45, 2.75) is 19.9 Å². The molecular weight excluding hydrogens is 449 g/mol. The number of carbonyl (C=O) groups is 1. The number of rotatable bonds is 4. The number of anilines is 2. The molecule has 0 spiro atoms. The number of fused-ring (bicyclic) bond motifs is 1. The van der Waals surface area contributed by atoms with E-state index in [1.54, 1.807) is 18.3 Å². The van der Waals surface area contributed by atoms with E-state index in [4.69, 9.17) is 17.3 Å². The lowest BCUT2D eigenvalue weighted by atomic mass is 9.88. The summed E-state index contributed by atoms with van der Waals surface area (Å²) in [7, 11) is 0. The molecule has 33 heavy (non-hydrogen) atoms. The standard InChI is InChI=1S/C22H19ClFN7O2/c1-11-10-29(19-15(12(2)32)9-26-22(25)27-19)17(11)20-28-30-7-6-16(23)18(30)21(33)31(20)14-5-3-4-13(24)8-14/h3-9,11,17H,10H2,1-2H3,(H2,25,26,27)/t11-,17-/m0/s1. The monoisotopic (exact) mass is 467 g/mol. The lowest BCUT2D eigenvalue weighted by Gasteiger charge is -2.47. The molecule has 1 aromatic carbocycles. The zero-order chi connectivity index (χ0) is 23.4. The molecule has 0 amide bonds. The van der Waals surface area contributed by atoms with Crippen molar-refractivity contribution in [1.29, 1.82) is 0 Å². The zero-order valence-corrected chi connectivity index (χ0v) is 18.5. The molecule has 11 heteroatoms. The summed E-state index contributed by atoms with van der Waals surface area (Å²) in [5.74, 6) is 0.0753. The predicted molar refractivity (Wildman–Crippen MR) is 121 cm³/mol. The van der Waals surface area contributed by atoms with Gasteiger partial charge in [0, 0.05) is 24.9 Å². The number of hydrogen-bond acceptors (Lipinski definition) is 7. The van der Waals surface area contributed by atoms with Crippen LogP contribution >= 0.6 is 11.6 Å². The molecule has 2 N–H and O–H groups in total. The first-order valence-corrected chi connectivity index (χ1v) is 10.6. The van der Waals surface area contributed by atoms with Crippen LogP contribution in [0.5, 0.6) is 0 Å². The Kier molecular flexibility index (Phi) is 4.89. The number of Topliss-reactive ketones (excluding diaryl/α,β-unsaturated/α-hetero) is 1. The van der Waals surface area contributed by atoms with Gasteiger partial charge in [-0.15, -0.1) is 0 Å². The highest BCUT2D eigenvalue weighted by Crippen LogP contribution is 2.42. The van der Waals surface area contributed by atoms with E-state index in [-0.39, 0.29) is 28.2 Å². The first kappa shape index (κ1) is 21.1. The summed E-state index contributed by atoms with van der Waals surface area (Å²) in [6.07, 6.45) is 2.98. The number of aromatic nitrogens is 5. The Hall–Kier alpha value is -3.79. The van der Waals surface area contributed by atoms with E-state index in [1.165, 1.54) is 40.4 Å². The average Bonchev–Trinajstić information content (AvgIpc) is 3.12. The van der Waals surface area contributed by atoms with Gasteiger partial charge < -0.3 is 10.6 Å². The number of nitrogens with zero attached hydrogens (tertiary/aromatic N) is 6. The average molecular weight is 468 g/mol. The summed E-state index contributed by atoms with van der Waals surface area (Å²) in [6, 6.07) is 6.83. The number of nitrogens with two attached hydrogens (primary N) is 1. The fourth-order valence-electron chi connectivity index (χ4n) is 4.26. The van der Waals surface area contributed by atoms with Crippen LogP contribution in [0.4, 0.5) is 16.2 Å². The van der Waals surface area contributed by atoms with Crippen LogP contribution < -0.4 is 16.2 Å². The molecule has 1 saturated heterocycles. The largest absolute Gasteiger partial charge is 0.368 e. The van der Waals surface area contributed by atoms with Crippen LogP contribution in [-0.2, 0) is 0 Å². The molecule has 1 aliphatic heterocycles. The van der Waals surface area contributed by atoms with Gasteiger partial charge >= 0.3 is 0 Å². The Balaban J connectivity index is 1.76. The van der Waals surface area contributed by atoms with Gasteiger partial charge in [0.2, 0.25) is 5.95 Å². The quantitative estimate of drug-likeness (QED) is 0.459. The van der Waals surface area contributed by atoms with E-state index in [1.807, 2.05) is 11.8 Å². The summed E-state index contributed by atoms with van der Waals surface area (Å²) >= 11 is 6.25. The molecule has 4 heterocycles. The maximum Gasteiger partial charge on any atom is 0.284 e. The van der Waals surface area contributed by atoms with Gasteiger partial charge in [0.05, 0.1) is 22.3 Å². The number of benzene rings is 1. The Morgan fingerprint density at radius 3 is 2.79 bits per heavy atom. The summed E-state index contributed by atoms with van der Waals surface area (Å²) in [5, 5.41) is 4.92. The molecule has 0 saturated carbocycles. The summed E-state index contributed by atoms with van der Waals surface area (Å²) < 4.78 is 16.9. The van der Waals surface area contributed by atoms with Gasteiger partial charge in [-0.05, 0) is 31.2 Å². The van der Waals surface area contributed by atoms with Crippen molar-refractivity contribution in [3.05, 3.63) is 75.3 Å². The Morgan fingerprint density at radius 2 is 2.09 bits per heavy atom. The first-order valence-electron chi connectivity index (χ1n) is 10.2. The van der Waals surface area contributed by atoms with Gasteiger partial charge in [-0.3, -0.25) is 14.2 Å². The van der Waals surface area contributed by atoms with Gasteiger partial charge in [-0.2, -0.15) is 10.1 Å². The van der Waals surface area contributed by atoms with Crippen LogP contribution in [0.1, 0.15) is 36.1 Å². The number of carbonyl (C=O) groups excluding carboxylic acids is 1. The molecule has 3 aromatic heterocycles. The highest BCUT2D eigenvalue weighted by Gasteiger charge is 2.43. The van der Waals surface area contributed by atoms with Crippen LogP contribution in [-0.4, -0.2) is 36.5 Å². The van der Waals surface area contributed by atoms with Gasteiger partial charge in [-0.1, -0.05) is 24.6 Å². The predicted octanol–water partition coefficient (Wildman–Crippen LogP) is 3.05. The summed E-state index contributed by atoms with van der Waals surface area (Å²) in [5.41, 5.74) is 6.18. The van der Waals surface area contributed by atoms with Crippen molar-refractivity contribution in [1.82, 2.24) is 24.1 Å². The zero-order valence-electron chi connectivity index (χ0n) is 17.7. The molecule has 0 radical (unpaired) electrons. The second-order valence-electron chi connectivity index (χ2n) is 8.03. The Labute approximate surface area is 192 Å². The minimum Gasteiger partial charge on any atom is -0.368 e. The SMILES string of the molecule is CC(=O)c1cnc(N)nc1N1C[C@H](C)[C@H]1c1nn2ccc(Cl)c2c(=O)n1-c1cccc(F)c1. The fourth-order valence-corrected chi connectivity index (χ4v) is 4.49.